The number of fused-ring (bicyclic) bond motifs is 2. The van der Waals surface area contributed by atoms with E-state index < -0.39 is 0 Å². The van der Waals surface area contributed by atoms with Crippen molar-refractivity contribution in [2.45, 2.75) is 20.4 Å². The van der Waals surface area contributed by atoms with Crippen molar-refractivity contribution >= 4 is 33.2 Å². The molecule has 0 amide bonds. The van der Waals surface area contributed by atoms with Crippen LogP contribution >= 0.6 is 11.3 Å². The van der Waals surface area contributed by atoms with Crippen LogP contribution in [0.4, 0.5) is 0 Å². The fourth-order valence-corrected chi connectivity index (χ4v) is 3.99. The maximum absolute atomic E-state index is 12.3. The van der Waals surface area contributed by atoms with Gasteiger partial charge >= 0.3 is 10.8 Å². The minimum atomic E-state index is -0.349. The molecule has 0 spiro atoms. The van der Waals surface area contributed by atoms with Gasteiger partial charge in [0.25, 0.3) is 0 Å². The van der Waals surface area contributed by atoms with Crippen molar-refractivity contribution in [2.24, 2.45) is 0 Å². The van der Waals surface area contributed by atoms with Crippen LogP contribution in [0.15, 0.2) is 47.4 Å². The van der Waals surface area contributed by atoms with Crippen molar-refractivity contribution in [2.75, 3.05) is 6.61 Å². The molecule has 3 aromatic heterocycles. The number of aromatic nitrogens is 3. The molecular weight excluding hydrogens is 350 g/mol. The van der Waals surface area contributed by atoms with E-state index in [1.165, 1.54) is 18.3 Å². The Morgan fingerprint density at radius 3 is 2.88 bits per heavy atom. The number of aryl methyl sites for hydroxylation is 1. The van der Waals surface area contributed by atoms with Gasteiger partial charge in [-0.25, -0.2) is 4.98 Å². The smallest absolute Gasteiger partial charge is 0.308 e. The van der Waals surface area contributed by atoms with Gasteiger partial charge in [0.05, 0.1) is 22.5 Å². The summed E-state index contributed by atoms with van der Waals surface area (Å²) in [4.78, 5) is 27.9. The zero-order chi connectivity index (χ0) is 18.3. The van der Waals surface area contributed by atoms with E-state index in [1.807, 2.05) is 53.9 Å². The Bertz CT molecular complexity index is 1190. The van der Waals surface area contributed by atoms with Crippen molar-refractivity contribution < 1.29 is 9.53 Å². The molecule has 0 radical (unpaired) electrons. The zero-order valence-corrected chi connectivity index (χ0v) is 15.2. The van der Waals surface area contributed by atoms with Gasteiger partial charge in [-0.05, 0) is 31.2 Å². The lowest BCUT2D eigenvalue weighted by Crippen LogP contribution is -2.17. The Morgan fingerprint density at radius 1 is 1.27 bits per heavy atom. The molecule has 0 aliphatic heterocycles. The number of imidazole rings is 1. The molecule has 26 heavy (non-hydrogen) atoms. The highest BCUT2D eigenvalue weighted by Gasteiger charge is 2.13. The normalized spacial score (nSPS) is 11.3. The summed E-state index contributed by atoms with van der Waals surface area (Å²) in [5, 5.41) is 0. The first kappa shape index (κ1) is 16.5. The lowest BCUT2D eigenvalue weighted by molar-refractivity contribution is -0.141. The molecular formula is C19H17N3O3S. The molecule has 3 heterocycles. The third kappa shape index (κ3) is 2.80. The number of hydrogen-bond acceptors (Lipinski definition) is 5. The molecule has 0 fully saturated rings. The molecule has 0 N–H and O–H groups in total. The van der Waals surface area contributed by atoms with E-state index in [1.54, 1.807) is 4.57 Å². The van der Waals surface area contributed by atoms with Crippen LogP contribution in [-0.2, 0) is 16.1 Å². The highest BCUT2D eigenvalue weighted by molar-refractivity contribution is 7.16. The average molecular weight is 367 g/mol. The Labute approximate surface area is 153 Å². The summed E-state index contributed by atoms with van der Waals surface area (Å²) in [5.41, 5.74) is 4.61. The Balaban J connectivity index is 1.80. The lowest BCUT2D eigenvalue weighted by Gasteiger charge is -2.05. The standard InChI is InChI=1S/C19H17N3O3S/c1-12-18(20-17-5-3-4-8-21(12)17)14-6-7-16-15(11-14)22(19(24)26-16)9-10-25-13(2)23/h3-8,11H,9-10H2,1-2H3. The van der Waals surface area contributed by atoms with Gasteiger partial charge in [-0.1, -0.05) is 23.5 Å². The zero-order valence-electron chi connectivity index (χ0n) is 14.4. The molecule has 6 nitrogen and oxygen atoms in total. The van der Waals surface area contributed by atoms with Gasteiger partial charge in [0.15, 0.2) is 0 Å². The number of carbonyl (C=O) groups is 1. The van der Waals surface area contributed by atoms with Crippen LogP contribution < -0.4 is 4.87 Å². The largest absolute Gasteiger partial charge is 0.464 e. The minimum Gasteiger partial charge on any atom is -0.464 e. The third-order valence-electron chi connectivity index (χ3n) is 4.33. The summed E-state index contributed by atoms with van der Waals surface area (Å²) in [6.45, 7) is 3.91. The van der Waals surface area contributed by atoms with Crippen molar-refractivity contribution in [3.05, 3.63) is 58.0 Å². The number of pyridine rings is 1. The van der Waals surface area contributed by atoms with Crippen molar-refractivity contribution in [3.8, 4) is 11.3 Å². The molecule has 4 aromatic rings. The summed E-state index contributed by atoms with van der Waals surface area (Å²) in [7, 11) is 0. The Kier molecular flexibility index (Phi) is 4.08. The third-order valence-corrected chi connectivity index (χ3v) is 5.29. The molecule has 132 valence electrons. The molecule has 0 atom stereocenters. The number of hydrogen-bond donors (Lipinski definition) is 0. The lowest BCUT2D eigenvalue weighted by atomic mass is 10.1. The summed E-state index contributed by atoms with van der Waals surface area (Å²) < 4.78 is 9.58. The second-order valence-corrected chi connectivity index (χ2v) is 7.01. The minimum absolute atomic E-state index is 0.0592. The van der Waals surface area contributed by atoms with Crippen LogP contribution in [0, 0.1) is 6.92 Å². The number of benzene rings is 1. The van der Waals surface area contributed by atoms with Gasteiger partial charge < -0.3 is 9.14 Å². The molecule has 0 saturated heterocycles. The predicted molar refractivity (Wildman–Crippen MR) is 102 cm³/mol. The molecule has 1 aromatic carbocycles. The number of nitrogens with zero attached hydrogens (tertiary/aromatic N) is 3. The number of ether oxygens (including phenoxy) is 1. The van der Waals surface area contributed by atoms with E-state index in [0.29, 0.717) is 6.54 Å². The molecule has 0 bridgehead atoms. The van der Waals surface area contributed by atoms with Crippen LogP contribution in [-0.4, -0.2) is 26.5 Å². The van der Waals surface area contributed by atoms with Crippen LogP contribution in [0.25, 0.3) is 27.1 Å². The van der Waals surface area contributed by atoms with E-state index in [4.69, 9.17) is 9.72 Å². The quantitative estimate of drug-likeness (QED) is 0.519. The second kappa shape index (κ2) is 6.42. The fraction of sp³-hybridized carbons (Fsp3) is 0.211. The SMILES string of the molecule is CC(=O)OCCn1c(=O)sc2ccc(-c3nc4ccccn4c3C)cc21. The first-order valence-corrected chi connectivity index (χ1v) is 9.07. The number of thiazole rings is 1. The van der Waals surface area contributed by atoms with Gasteiger partial charge in [-0.3, -0.25) is 14.2 Å². The molecule has 4 rings (SSSR count). The summed E-state index contributed by atoms with van der Waals surface area (Å²) >= 11 is 1.19. The van der Waals surface area contributed by atoms with E-state index in [-0.39, 0.29) is 17.4 Å². The van der Waals surface area contributed by atoms with E-state index in [9.17, 15) is 9.59 Å². The van der Waals surface area contributed by atoms with Crippen LogP contribution in [0.3, 0.4) is 0 Å². The van der Waals surface area contributed by atoms with Crippen molar-refractivity contribution in [1.82, 2.24) is 14.0 Å². The monoisotopic (exact) mass is 367 g/mol. The van der Waals surface area contributed by atoms with Gasteiger partial charge in [0.2, 0.25) is 0 Å². The summed E-state index contributed by atoms with van der Waals surface area (Å²) in [6.07, 6.45) is 1.99. The Hall–Kier alpha value is -2.93. The van der Waals surface area contributed by atoms with E-state index in [0.717, 1.165) is 32.8 Å². The average Bonchev–Trinajstić information content (AvgIpc) is 3.12. The summed E-state index contributed by atoms with van der Waals surface area (Å²) in [5.74, 6) is -0.349. The van der Waals surface area contributed by atoms with Crippen LogP contribution in [0.2, 0.25) is 0 Å². The van der Waals surface area contributed by atoms with Crippen LogP contribution in [0.5, 0.6) is 0 Å². The highest BCUT2D eigenvalue weighted by atomic mass is 32.1. The van der Waals surface area contributed by atoms with Gasteiger partial charge in [0.1, 0.15) is 12.3 Å². The molecule has 0 saturated carbocycles. The Morgan fingerprint density at radius 2 is 2.12 bits per heavy atom. The topological polar surface area (TPSA) is 65.6 Å². The predicted octanol–water partition coefficient (Wildman–Crippen LogP) is 3.25. The van der Waals surface area contributed by atoms with Crippen molar-refractivity contribution in [3.63, 3.8) is 0 Å². The van der Waals surface area contributed by atoms with Gasteiger partial charge in [-0.2, -0.15) is 0 Å². The molecule has 0 aliphatic carbocycles. The molecule has 0 unspecified atom stereocenters. The van der Waals surface area contributed by atoms with Gasteiger partial charge in [-0.15, -0.1) is 0 Å². The number of rotatable bonds is 4. The van der Waals surface area contributed by atoms with Gasteiger partial charge in [0, 0.05) is 24.4 Å². The first-order valence-electron chi connectivity index (χ1n) is 8.25. The summed E-state index contributed by atoms with van der Waals surface area (Å²) in [6, 6.07) is 11.8. The van der Waals surface area contributed by atoms with E-state index >= 15 is 0 Å². The molecule has 7 heteroatoms. The number of esters is 1. The van der Waals surface area contributed by atoms with Crippen LogP contribution in [0.1, 0.15) is 12.6 Å². The maximum atomic E-state index is 12.3. The maximum Gasteiger partial charge on any atom is 0.308 e. The van der Waals surface area contributed by atoms with Crippen molar-refractivity contribution in [1.29, 1.82) is 0 Å². The fourth-order valence-electron chi connectivity index (χ4n) is 3.09. The highest BCUT2D eigenvalue weighted by Crippen LogP contribution is 2.28. The second-order valence-electron chi connectivity index (χ2n) is 6.02. The van der Waals surface area contributed by atoms with E-state index in [2.05, 4.69) is 0 Å². The molecule has 0 aliphatic rings. The number of carbonyl (C=O) groups excluding carboxylic acids is 1. The first-order chi connectivity index (χ1) is 12.5.